The maximum atomic E-state index is 12.3. The van der Waals surface area contributed by atoms with E-state index >= 15 is 0 Å². The summed E-state index contributed by atoms with van der Waals surface area (Å²) >= 11 is 3.41. The number of benzene rings is 2. The fourth-order valence-electron chi connectivity index (χ4n) is 2.39. The molecule has 1 aliphatic rings. The topological polar surface area (TPSA) is 50.4 Å². The Morgan fingerprint density at radius 3 is 2.90 bits per heavy atom. The van der Waals surface area contributed by atoms with Crippen molar-refractivity contribution >= 4 is 33.2 Å². The Balaban J connectivity index is 1.78. The summed E-state index contributed by atoms with van der Waals surface area (Å²) in [4.78, 5) is 12.3. The number of ether oxygens (including phenoxy) is 1. The minimum atomic E-state index is -0.109. The van der Waals surface area contributed by atoms with Crippen LogP contribution in [0.1, 0.15) is 15.9 Å². The minimum Gasteiger partial charge on any atom is -0.496 e. The van der Waals surface area contributed by atoms with Gasteiger partial charge in [0.1, 0.15) is 5.75 Å². The van der Waals surface area contributed by atoms with Gasteiger partial charge in [0, 0.05) is 23.5 Å². The van der Waals surface area contributed by atoms with Crippen molar-refractivity contribution < 1.29 is 9.53 Å². The van der Waals surface area contributed by atoms with E-state index in [0.29, 0.717) is 5.56 Å². The molecule has 4 nitrogen and oxygen atoms in total. The molecular formula is C16H15BrN2O2. The molecule has 0 aromatic heterocycles. The van der Waals surface area contributed by atoms with Crippen LogP contribution in [0.15, 0.2) is 40.9 Å². The van der Waals surface area contributed by atoms with E-state index in [1.54, 1.807) is 7.11 Å². The monoisotopic (exact) mass is 346 g/mol. The molecule has 2 aromatic carbocycles. The molecule has 108 valence electrons. The molecule has 2 aromatic rings. The first-order valence-electron chi connectivity index (χ1n) is 6.69. The second-order valence-corrected chi connectivity index (χ2v) is 5.71. The Bertz CT molecular complexity index is 701. The smallest absolute Gasteiger partial charge is 0.255 e. The lowest BCUT2D eigenvalue weighted by Crippen LogP contribution is -2.12. The van der Waals surface area contributed by atoms with Gasteiger partial charge < -0.3 is 15.4 Å². The molecule has 1 heterocycles. The van der Waals surface area contributed by atoms with Crippen LogP contribution in [0, 0.1) is 0 Å². The van der Waals surface area contributed by atoms with Gasteiger partial charge in [-0.25, -0.2) is 0 Å². The summed E-state index contributed by atoms with van der Waals surface area (Å²) in [6.45, 7) is 0.936. The number of hydrogen-bond donors (Lipinski definition) is 2. The highest BCUT2D eigenvalue weighted by Crippen LogP contribution is 2.28. The fraction of sp³-hybridized carbons (Fsp3) is 0.188. The summed E-state index contributed by atoms with van der Waals surface area (Å²) in [6, 6.07) is 11.2. The standard InChI is InChI=1S/C16H15BrN2O2/c1-21-15-5-3-12(9-13(15)17)19-16(20)11-2-4-14-10(8-11)6-7-18-14/h2-5,8-9,18H,6-7H2,1H3,(H,19,20). The van der Waals surface area contributed by atoms with Gasteiger partial charge in [0.15, 0.2) is 0 Å². The summed E-state index contributed by atoms with van der Waals surface area (Å²) in [5, 5.41) is 6.18. The molecule has 0 bridgehead atoms. The third kappa shape index (κ3) is 2.88. The number of carbonyl (C=O) groups is 1. The largest absolute Gasteiger partial charge is 0.496 e. The van der Waals surface area contributed by atoms with E-state index in [1.165, 1.54) is 5.56 Å². The SMILES string of the molecule is COc1ccc(NC(=O)c2ccc3c(c2)CCN3)cc1Br. The highest BCUT2D eigenvalue weighted by atomic mass is 79.9. The van der Waals surface area contributed by atoms with E-state index in [2.05, 4.69) is 26.6 Å². The Morgan fingerprint density at radius 1 is 1.29 bits per heavy atom. The third-order valence-corrected chi connectivity index (χ3v) is 4.11. The van der Waals surface area contributed by atoms with Crippen LogP contribution in [0.25, 0.3) is 0 Å². The molecule has 2 N–H and O–H groups in total. The van der Waals surface area contributed by atoms with Gasteiger partial charge in [0.05, 0.1) is 11.6 Å². The molecule has 0 atom stereocenters. The summed E-state index contributed by atoms with van der Waals surface area (Å²) in [5.41, 5.74) is 3.72. The zero-order chi connectivity index (χ0) is 14.8. The van der Waals surface area contributed by atoms with Crippen LogP contribution in [0.3, 0.4) is 0 Å². The lowest BCUT2D eigenvalue weighted by molar-refractivity contribution is 0.102. The summed E-state index contributed by atoms with van der Waals surface area (Å²) in [7, 11) is 1.61. The predicted octanol–water partition coefficient (Wildman–Crippen LogP) is 3.68. The third-order valence-electron chi connectivity index (χ3n) is 3.49. The molecule has 0 aliphatic carbocycles. The molecular weight excluding hydrogens is 332 g/mol. The van der Waals surface area contributed by atoms with E-state index in [9.17, 15) is 4.79 Å². The van der Waals surface area contributed by atoms with Gasteiger partial charge in [-0.15, -0.1) is 0 Å². The first-order valence-corrected chi connectivity index (χ1v) is 7.48. The number of anilines is 2. The lowest BCUT2D eigenvalue weighted by Gasteiger charge is -2.09. The maximum Gasteiger partial charge on any atom is 0.255 e. The van der Waals surface area contributed by atoms with Crippen LogP contribution in [0.4, 0.5) is 11.4 Å². The number of carbonyl (C=O) groups excluding carboxylic acids is 1. The van der Waals surface area contributed by atoms with Gasteiger partial charge >= 0.3 is 0 Å². The second-order valence-electron chi connectivity index (χ2n) is 4.85. The molecule has 1 aliphatic heterocycles. The van der Waals surface area contributed by atoms with Crippen molar-refractivity contribution in [3.8, 4) is 5.75 Å². The molecule has 21 heavy (non-hydrogen) atoms. The Kier molecular flexibility index (Phi) is 3.84. The van der Waals surface area contributed by atoms with Gasteiger partial charge in [-0.05, 0) is 64.3 Å². The molecule has 5 heteroatoms. The van der Waals surface area contributed by atoms with E-state index in [-0.39, 0.29) is 5.91 Å². The number of rotatable bonds is 3. The molecule has 0 radical (unpaired) electrons. The molecule has 3 rings (SSSR count). The second kappa shape index (κ2) is 5.77. The summed E-state index contributed by atoms with van der Waals surface area (Å²) in [6.07, 6.45) is 0.963. The van der Waals surface area contributed by atoms with Gasteiger partial charge in [-0.1, -0.05) is 0 Å². The van der Waals surface area contributed by atoms with Crippen LogP contribution in [-0.2, 0) is 6.42 Å². The van der Waals surface area contributed by atoms with Crippen molar-refractivity contribution in [3.63, 3.8) is 0 Å². The lowest BCUT2D eigenvalue weighted by atomic mass is 10.1. The van der Waals surface area contributed by atoms with Gasteiger partial charge in [0.2, 0.25) is 0 Å². The highest BCUT2D eigenvalue weighted by Gasteiger charge is 2.14. The van der Waals surface area contributed by atoms with Crippen LogP contribution < -0.4 is 15.4 Å². The first kappa shape index (κ1) is 13.9. The molecule has 0 spiro atoms. The predicted molar refractivity (Wildman–Crippen MR) is 87.3 cm³/mol. The number of halogens is 1. The van der Waals surface area contributed by atoms with E-state index in [4.69, 9.17) is 4.74 Å². The molecule has 0 unspecified atom stereocenters. The Hall–Kier alpha value is -2.01. The normalized spacial score (nSPS) is 12.5. The van der Waals surface area contributed by atoms with Gasteiger partial charge in [-0.3, -0.25) is 4.79 Å². The Morgan fingerprint density at radius 2 is 2.14 bits per heavy atom. The van der Waals surface area contributed by atoms with Gasteiger partial charge in [0.25, 0.3) is 5.91 Å². The summed E-state index contributed by atoms with van der Waals surface area (Å²) in [5.74, 6) is 0.623. The fourth-order valence-corrected chi connectivity index (χ4v) is 2.93. The van der Waals surface area contributed by atoms with Crippen LogP contribution in [0.5, 0.6) is 5.75 Å². The number of hydrogen-bond acceptors (Lipinski definition) is 3. The highest BCUT2D eigenvalue weighted by molar-refractivity contribution is 9.10. The molecule has 0 fully saturated rings. The van der Waals surface area contributed by atoms with Crippen molar-refractivity contribution in [2.24, 2.45) is 0 Å². The van der Waals surface area contributed by atoms with Crippen molar-refractivity contribution in [1.82, 2.24) is 0 Å². The van der Waals surface area contributed by atoms with Crippen LogP contribution in [0.2, 0.25) is 0 Å². The number of methoxy groups -OCH3 is 1. The van der Waals surface area contributed by atoms with Crippen molar-refractivity contribution in [3.05, 3.63) is 52.0 Å². The Labute approximate surface area is 131 Å². The van der Waals surface area contributed by atoms with E-state index < -0.39 is 0 Å². The summed E-state index contributed by atoms with van der Waals surface area (Å²) < 4.78 is 5.98. The van der Waals surface area contributed by atoms with Gasteiger partial charge in [-0.2, -0.15) is 0 Å². The molecule has 0 saturated heterocycles. The molecule has 1 amide bonds. The zero-order valence-electron chi connectivity index (χ0n) is 11.6. The number of fused-ring (bicyclic) bond motifs is 1. The van der Waals surface area contributed by atoms with E-state index in [1.807, 2.05) is 36.4 Å². The number of amides is 1. The van der Waals surface area contributed by atoms with E-state index in [0.717, 1.165) is 34.6 Å². The van der Waals surface area contributed by atoms with Crippen molar-refractivity contribution in [2.75, 3.05) is 24.3 Å². The van der Waals surface area contributed by atoms with Crippen LogP contribution >= 0.6 is 15.9 Å². The van der Waals surface area contributed by atoms with Crippen molar-refractivity contribution in [2.45, 2.75) is 6.42 Å². The van der Waals surface area contributed by atoms with Crippen LogP contribution in [-0.4, -0.2) is 19.6 Å². The average molecular weight is 347 g/mol. The maximum absolute atomic E-state index is 12.3. The van der Waals surface area contributed by atoms with Crippen molar-refractivity contribution in [1.29, 1.82) is 0 Å². The number of nitrogens with one attached hydrogen (secondary N) is 2. The first-order chi connectivity index (χ1) is 10.2. The molecule has 0 saturated carbocycles. The average Bonchev–Trinajstić information content (AvgIpc) is 2.94. The quantitative estimate of drug-likeness (QED) is 0.891. The zero-order valence-corrected chi connectivity index (χ0v) is 13.2. The minimum absolute atomic E-state index is 0.109.